The predicted octanol–water partition coefficient (Wildman–Crippen LogP) is 1.42. The maximum Gasteiger partial charge on any atom is 0.240 e. The first-order valence-electron chi connectivity index (χ1n) is 6.41. The monoisotopic (exact) mass is 358 g/mol. The van der Waals surface area contributed by atoms with Crippen LogP contribution in [0.15, 0.2) is 27.2 Å². The van der Waals surface area contributed by atoms with Gasteiger partial charge in [0.2, 0.25) is 5.89 Å². The van der Waals surface area contributed by atoms with Crippen LogP contribution in [0.4, 0.5) is 4.39 Å². The highest BCUT2D eigenvalue weighted by Crippen LogP contribution is 2.18. The van der Waals surface area contributed by atoms with Crippen molar-refractivity contribution < 1.29 is 14.0 Å². The van der Waals surface area contributed by atoms with Gasteiger partial charge in [-0.2, -0.15) is 4.98 Å². The van der Waals surface area contributed by atoms with Crippen LogP contribution in [-0.2, 0) is 19.6 Å². The molecule has 3 N–H and O–H groups in total. The molecule has 0 aliphatic heterocycles. The van der Waals surface area contributed by atoms with Crippen molar-refractivity contribution in [2.45, 2.75) is 19.6 Å². The number of hydrogen-bond acceptors (Lipinski definition) is 6. The SMILES string of the molecule is NCc1nc(CN(CCO)Cc2cc(Br)ccc2F)no1. The number of rotatable bonds is 7. The van der Waals surface area contributed by atoms with Gasteiger partial charge in [-0.3, -0.25) is 4.90 Å². The minimum atomic E-state index is -0.295. The van der Waals surface area contributed by atoms with Crippen molar-refractivity contribution in [3.8, 4) is 0 Å². The largest absolute Gasteiger partial charge is 0.395 e. The summed E-state index contributed by atoms with van der Waals surface area (Å²) in [4.78, 5) is 5.93. The molecule has 0 bridgehead atoms. The van der Waals surface area contributed by atoms with Gasteiger partial charge in [0.1, 0.15) is 5.82 Å². The molecule has 0 aliphatic carbocycles. The Bertz CT molecular complexity index is 593. The maximum atomic E-state index is 13.8. The van der Waals surface area contributed by atoms with Crippen LogP contribution in [0.5, 0.6) is 0 Å². The van der Waals surface area contributed by atoms with E-state index in [1.54, 1.807) is 12.1 Å². The molecule has 0 saturated carbocycles. The van der Waals surface area contributed by atoms with E-state index in [9.17, 15) is 4.39 Å². The van der Waals surface area contributed by atoms with Crippen LogP contribution in [0.2, 0.25) is 0 Å². The van der Waals surface area contributed by atoms with E-state index >= 15 is 0 Å². The van der Waals surface area contributed by atoms with Crippen molar-refractivity contribution in [2.75, 3.05) is 13.2 Å². The molecule has 21 heavy (non-hydrogen) atoms. The Morgan fingerprint density at radius 2 is 2.19 bits per heavy atom. The molecule has 2 aromatic rings. The second-order valence-electron chi connectivity index (χ2n) is 4.48. The second-order valence-corrected chi connectivity index (χ2v) is 5.39. The molecule has 0 aliphatic rings. The molecule has 1 aromatic carbocycles. The normalized spacial score (nSPS) is 11.3. The summed E-state index contributed by atoms with van der Waals surface area (Å²) in [6, 6.07) is 4.75. The van der Waals surface area contributed by atoms with E-state index in [0.717, 1.165) is 4.47 Å². The summed E-state index contributed by atoms with van der Waals surface area (Å²) < 4.78 is 19.5. The fourth-order valence-electron chi connectivity index (χ4n) is 1.90. The molecule has 114 valence electrons. The zero-order chi connectivity index (χ0) is 15.2. The van der Waals surface area contributed by atoms with E-state index in [0.29, 0.717) is 36.9 Å². The Kier molecular flexibility index (Phi) is 5.80. The molecule has 1 heterocycles. The summed E-state index contributed by atoms with van der Waals surface area (Å²) in [6.45, 7) is 1.18. The Balaban J connectivity index is 2.09. The van der Waals surface area contributed by atoms with Gasteiger partial charge >= 0.3 is 0 Å². The fourth-order valence-corrected chi connectivity index (χ4v) is 2.31. The molecule has 0 saturated heterocycles. The van der Waals surface area contributed by atoms with Gasteiger partial charge in [0.25, 0.3) is 0 Å². The highest BCUT2D eigenvalue weighted by Gasteiger charge is 2.14. The Morgan fingerprint density at radius 3 is 2.86 bits per heavy atom. The summed E-state index contributed by atoms with van der Waals surface area (Å²) in [6.07, 6.45) is 0. The molecule has 0 amide bonds. The molecule has 0 radical (unpaired) electrons. The van der Waals surface area contributed by atoms with Crippen molar-refractivity contribution in [3.05, 3.63) is 45.8 Å². The van der Waals surface area contributed by atoms with Crippen molar-refractivity contribution in [2.24, 2.45) is 5.73 Å². The number of aromatic nitrogens is 2. The molecular weight excluding hydrogens is 343 g/mol. The summed E-state index contributed by atoms with van der Waals surface area (Å²) in [5.41, 5.74) is 5.94. The summed E-state index contributed by atoms with van der Waals surface area (Å²) in [5.74, 6) is 0.513. The van der Waals surface area contributed by atoms with Gasteiger partial charge < -0.3 is 15.4 Å². The van der Waals surface area contributed by atoms with Gasteiger partial charge in [0.15, 0.2) is 5.82 Å². The first-order chi connectivity index (χ1) is 10.1. The number of hydrogen-bond donors (Lipinski definition) is 2. The molecular formula is C13H16BrFN4O2. The van der Waals surface area contributed by atoms with E-state index in [2.05, 4.69) is 26.1 Å². The van der Waals surface area contributed by atoms with Crippen LogP contribution in [0.25, 0.3) is 0 Å². The average molecular weight is 359 g/mol. The molecule has 6 nitrogen and oxygen atoms in total. The van der Waals surface area contributed by atoms with Gasteiger partial charge in [-0.05, 0) is 18.2 Å². The van der Waals surface area contributed by atoms with Crippen LogP contribution in [0, 0.1) is 5.82 Å². The lowest BCUT2D eigenvalue weighted by molar-refractivity contribution is 0.178. The highest BCUT2D eigenvalue weighted by molar-refractivity contribution is 9.10. The van der Waals surface area contributed by atoms with Crippen LogP contribution in [0.3, 0.4) is 0 Å². The topological polar surface area (TPSA) is 88.4 Å². The minimum absolute atomic E-state index is 0.0444. The van der Waals surface area contributed by atoms with Crippen LogP contribution < -0.4 is 5.73 Å². The molecule has 2 rings (SSSR count). The fraction of sp³-hybridized carbons (Fsp3) is 0.385. The van der Waals surface area contributed by atoms with Gasteiger partial charge in [0, 0.05) is 23.1 Å². The summed E-state index contributed by atoms with van der Waals surface area (Å²) in [5, 5.41) is 12.9. The number of nitrogens with zero attached hydrogens (tertiary/aromatic N) is 3. The lowest BCUT2D eigenvalue weighted by Crippen LogP contribution is -2.27. The van der Waals surface area contributed by atoms with Gasteiger partial charge in [-0.25, -0.2) is 4.39 Å². The lowest BCUT2D eigenvalue weighted by Gasteiger charge is -2.20. The average Bonchev–Trinajstić information content (AvgIpc) is 2.91. The smallest absolute Gasteiger partial charge is 0.240 e. The Morgan fingerprint density at radius 1 is 1.38 bits per heavy atom. The van der Waals surface area contributed by atoms with Crippen molar-refractivity contribution in [3.63, 3.8) is 0 Å². The molecule has 0 fully saturated rings. The first kappa shape index (κ1) is 16.0. The predicted molar refractivity (Wildman–Crippen MR) is 77.5 cm³/mol. The van der Waals surface area contributed by atoms with E-state index in [1.165, 1.54) is 6.07 Å². The maximum absolute atomic E-state index is 13.8. The van der Waals surface area contributed by atoms with Crippen LogP contribution >= 0.6 is 15.9 Å². The van der Waals surface area contributed by atoms with E-state index in [-0.39, 0.29) is 19.0 Å². The van der Waals surface area contributed by atoms with Gasteiger partial charge in [-0.1, -0.05) is 21.1 Å². The first-order valence-corrected chi connectivity index (χ1v) is 7.20. The van der Waals surface area contributed by atoms with Gasteiger partial charge in [0.05, 0.1) is 19.7 Å². The van der Waals surface area contributed by atoms with E-state index < -0.39 is 0 Å². The molecule has 0 atom stereocenters. The standard InChI is InChI=1S/C13H16BrFN4O2/c14-10-1-2-11(15)9(5-10)7-19(3-4-20)8-12-17-13(6-16)21-18-12/h1-2,5,20H,3-4,6-8,16H2. The third kappa shape index (κ3) is 4.57. The number of halogens is 2. The third-order valence-corrected chi connectivity index (χ3v) is 3.36. The molecule has 8 heteroatoms. The highest BCUT2D eigenvalue weighted by atomic mass is 79.9. The zero-order valence-electron chi connectivity index (χ0n) is 11.3. The molecule has 0 spiro atoms. The number of aliphatic hydroxyl groups excluding tert-OH is 1. The van der Waals surface area contributed by atoms with Crippen molar-refractivity contribution >= 4 is 15.9 Å². The van der Waals surface area contributed by atoms with Gasteiger partial charge in [-0.15, -0.1) is 0 Å². The second kappa shape index (κ2) is 7.60. The number of nitrogens with two attached hydrogens (primary N) is 1. The van der Waals surface area contributed by atoms with Crippen LogP contribution in [-0.4, -0.2) is 33.3 Å². The van der Waals surface area contributed by atoms with E-state index in [1.807, 2.05) is 4.90 Å². The zero-order valence-corrected chi connectivity index (χ0v) is 12.9. The van der Waals surface area contributed by atoms with E-state index in [4.69, 9.17) is 15.4 Å². The summed E-state index contributed by atoms with van der Waals surface area (Å²) in [7, 11) is 0. The quantitative estimate of drug-likeness (QED) is 0.778. The van der Waals surface area contributed by atoms with Crippen LogP contribution in [0.1, 0.15) is 17.3 Å². The Labute approximate surface area is 129 Å². The number of aliphatic hydroxyl groups is 1. The molecule has 0 unspecified atom stereocenters. The number of benzene rings is 1. The molecule has 1 aromatic heterocycles. The van der Waals surface area contributed by atoms with Crippen molar-refractivity contribution in [1.29, 1.82) is 0 Å². The van der Waals surface area contributed by atoms with Crippen molar-refractivity contribution in [1.82, 2.24) is 15.0 Å². The minimum Gasteiger partial charge on any atom is -0.395 e. The third-order valence-electron chi connectivity index (χ3n) is 2.87. The lowest BCUT2D eigenvalue weighted by atomic mass is 10.2. The summed E-state index contributed by atoms with van der Waals surface area (Å²) >= 11 is 3.32. The Hall–Kier alpha value is -1.35.